The number of para-hydroxylation sites is 1. The summed E-state index contributed by atoms with van der Waals surface area (Å²) in [5.74, 6) is -0.624. The Hall–Kier alpha value is -1.81. The molecule has 1 saturated heterocycles. The largest absolute Gasteiger partial charge is 0.481 e. The van der Waals surface area contributed by atoms with E-state index in [1.165, 1.54) is 16.5 Å². The highest BCUT2D eigenvalue weighted by Crippen LogP contribution is 2.28. The van der Waals surface area contributed by atoms with E-state index >= 15 is 0 Å². The summed E-state index contributed by atoms with van der Waals surface area (Å²) in [6.45, 7) is 4.49. The van der Waals surface area contributed by atoms with Crippen molar-refractivity contribution in [3.8, 4) is 0 Å². The van der Waals surface area contributed by atoms with E-state index in [0.29, 0.717) is 5.92 Å². The van der Waals surface area contributed by atoms with Gasteiger partial charge in [0.05, 0.1) is 5.92 Å². The molecule has 1 aliphatic heterocycles. The zero-order valence-electron chi connectivity index (χ0n) is 11.9. The summed E-state index contributed by atoms with van der Waals surface area (Å²) in [7, 11) is 2.07. The maximum atomic E-state index is 11.0. The molecule has 2 heterocycles. The van der Waals surface area contributed by atoms with Crippen molar-refractivity contribution in [2.24, 2.45) is 18.9 Å². The molecule has 2 aromatic rings. The summed E-state index contributed by atoms with van der Waals surface area (Å²) in [5, 5.41) is 10.3. The van der Waals surface area contributed by atoms with Crippen molar-refractivity contribution < 1.29 is 9.90 Å². The van der Waals surface area contributed by atoms with Crippen molar-refractivity contribution in [3.05, 3.63) is 36.0 Å². The van der Waals surface area contributed by atoms with Gasteiger partial charge < -0.3 is 9.67 Å². The summed E-state index contributed by atoms with van der Waals surface area (Å²) in [6, 6.07) is 8.41. The first-order chi connectivity index (χ1) is 9.56. The van der Waals surface area contributed by atoms with E-state index in [-0.39, 0.29) is 5.92 Å². The van der Waals surface area contributed by atoms with Gasteiger partial charge in [-0.25, -0.2) is 0 Å². The second kappa shape index (κ2) is 4.94. The Kier molecular flexibility index (Phi) is 3.26. The van der Waals surface area contributed by atoms with Gasteiger partial charge in [-0.2, -0.15) is 0 Å². The second-order valence-corrected chi connectivity index (χ2v) is 5.86. The van der Waals surface area contributed by atoms with Crippen LogP contribution in [0.15, 0.2) is 30.5 Å². The highest BCUT2D eigenvalue weighted by Gasteiger charge is 2.34. The maximum absolute atomic E-state index is 11.0. The van der Waals surface area contributed by atoms with Crippen LogP contribution in [0.2, 0.25) is 0 Å². The van der Waals surface area contributed by atoms with Crippen molar-refractivity contribution in [2.45, 2.75) is 13.5 Å². The first-order valence-electron chi connectivity index (χ1n) is 7.04. The van der Waals surface area contributed by atoms with Gasteiger partial charge in [0.2, 0.25) is 0 Å². The summed E-state index contributed by atoms with van der Waals surface area (Å²) in [6.07, 6.45) is 2.18. The van der Waals surface area contributed by atoms with E-state index in [1.807, 2.05) is 6.92 Å². The number of aryl methyl sites for hydroxylation is 1. The molecule has 1 aromatic carbocycles. The lowest BCUT2D eigenvalue weighted by Gasteiger charge is -2.41. The molecule has 0 radical (unpaired) electrons. The van der Waals surface area contributed by atoms with Crippen LogP contribution in [0.3, 0.4) is 0 Å². The Morgan fingerprint density at radius 2 is 2.10 bits per heavy atom. The van der Waals surface area contributed by atoms with Crippen LogP contribution in [0.5, 0.6) is 0 Å². The third-order valence-electron chi connectivity index (χ3n) is 4.46. The smallest absolute Gasteiger partial charge is 0.306 e. The van der Waals surface area contributed by atoms with E-state index in [4.69, 9.17) is 5.11 Å². The van der Waals surface area contributed by atoms with Crippen molar-refractivity contribution in [1.82, 2.24) is 9.47 Å². The minimum Gasteiger partial charge on any atom is -0.481 e. The van der Waals surface area contributed by atoms with Crippen LogP contribution in [0.1, 0.15) is 12.5 Å². The molecular formula is C16H20N2O2. The van der Waals surface area contributed by atoms with Gasteiger partial charge in [0.15, 0.2) is 0 Å². The van der Waals surface area contributed by atoms with Gasteiger partial charge >= 0.3 is 5.97 Å². The highest BCUT2D eigenvalue weighted by molar-refractivity contribution is 5.83. The molecular weight excluding hydrogens is 252 g/mol. The highest BCUT2D eigenvalue weighted by atomic mass is 16.4. The van der Waals surface area contributed by atoms with Crippen molar-refractivity contribution in [3.63, 3.8) is 0 Å². The second-order valence-electron chi connectivity index (χ2n) is 5.86. The molecule has 1 N–H and O–H groups in total. The van der Waals surface area contributed by atoms with E-state index in [2.05, 4.69) is 47.0 Å². The summed E-state index contributed by atoms with van der Waals surface area (Å²) in [5.41, 5.74) is 2.57. The van der Waals surface area contributed by atoms with Crippen molar-refractivity contribution in [1.29, 1.82) is 0 Å². The van der Waals surface area contributed by atoms with E-state index in [9.17, 15) is 4.79 Å². The van der Waals surface area contributed by atoms with Crippen molar-refractivity contribution >= 4 is 16.9 Å². The molecule has 20 heavy (non-hydrogen) atoms. The van der Waals surface area contributed by atoms with Crippen LogP contribution in [0.4, 0.5) is 0 Å². The standard InChI is InChI=1S/C16H20N2O2/c1-11(16(19)20)12-8-18(9-12)10-13-7-17(2)15-6-4-3-5-14(13)15/h3-7,11-12H,8-10H2,1-2H3,(H,19,20). The van der Waals surface area contributed by atoms with E-state index in [1.54, 1.807) is 0 Å². The summed E-state index contributed by atoms with van der Waals surface area (Å²) in [4.78, 5) is 13.3. The number of carbonyl (C=O) groups is 1. The monoisotopic (exact) mass is 272 g/mol. The fraction of sp³-hybridized carbons (Fsp3) is 0.438. The number of aromatic nitrogens is 1. The van der Waals surface area contributed by atoms with Crippen LogP contribution in [0, 0.1) is 11.8 Å². The number of carboxylic acids is 1. The number of rotatable bonds is 4. The molecule has 1 unspecified atom stereocenters. The molecule has 0 saturated carbocycles. The lowest BCUT2D eigenvalue weighted by molar-refractivity contribution is -0.145. The van der Waals surface area contributed by atoms with Gasteiger partial charge in [0.25, 0.3) is 0 Å². The minimum atomic E-state index is -0.681. The first kappa shape index (κ1) is 13.2. The molecule has 1 aliphatic rings. The average Bonchev–Trinajstić information content (AvgIpc) is 2.70. The molecule has 0 amide bonds. The number of fused-ring (bicyclic) bond motifs is 1. The molecule has 1 atom stereocenters. The van der Waals surface area contributed by atoms with E-state index < -0.39 is 5.97 Å². The van der Waals surface area contributed by atoms with Gasteiger partial charge in [-0.05, 0) is 17.5 Å². The Morgan fingerprint density at radius 3 is 2.80 bits per heavy atom. The van der Waals surface area contributed by atoms with E-state index in [0.717, 1.165) is 19.6 Å². The third-order valence-corrected chi connectivity index (χ3v) is 4.46. The predicted molar refractivity (Wildman–Crippen MR) is 78.5 cm³/mol. The molecule has 106 valence electrons. The normalized spacial score (nSPS) is 18.1. The zero-order valence-corrected chi connectivity index (χ0v) is 11.9. The number of likely N-dealkylation sites (tertiary alicyclic amines) is 1. The Bertz CT molecular complexity index is 641. The van der Waals surface area contributed by atoms with Crippen LogP contribution in [-0.2, 0) is 18.4 Å². The molecule has 3 rings (SSSR count). The minimum absolute atomic E-state index is 0.237. The quantitative estimate of drug-likeness (QED) is 0.929. The Labute approximate surface area is 118 Å². The molecule has 1 aromatic heterocycles. The average molecular weight is 272 g/mol. The van der Waals surface area contributed by atoms with Gasteiger partial charge in [0, 0.05) is 43.8 Å². The Morgan fingerprint density at radius 1 is 1.40 bits per heavy atom. The van der Waals surface area contributed by atoms with Crippen LogP contribution >= 0.6 is 0 Å². The SMILES string of the molecule is CC(C(=O)O)C1CN(Cc2cn(C)c3ccccc23)C1. The van der Waals surface area contributed by atoms with Crippen LogP contribution < -0.4 is 0 Å². The molecule has 4 heteroatoms. The fourth-order valence-corrected chi connectivity index (χ4v) is 3.05. The van der Waals surface area contributed by atoms with Crippen molar-refractivity contribution in [2.75, 3.05) is 13.1 Å². The van der Waals surface area contributed by atoms with Gasteiger partial charge in [-0.1, -0.05) is 25.1 Å². The lowest BCUT2D eigenvalue weighted by Crippen LogP contribution is -2.50. The third kappa shape index (κ3) is 2.20. The molecule has 0 spiro atoms. The molecule has 0 bridgehead atoms. The maximum Gasteiger partial charge on any atom is 0.306 e. The Balaban J connectivity index is 1.69. The topological polar surface area (TPSA) is 45.5 Å². The number of nitrogens with zero attached hydrogens (tertiary/aromatic N) is 2. The van der Waals surface area contributed by atoms with Crippen LogP contribution in [-0.4, -0.2) is 33.6 Å². The number of carboxylic acid groups (broad SMARTS) is 1. The predicted octanol–water partition coefficient (Wildman–Crippen LogP) is 2.33. The number of hydrogen-bond acceptors (Lipinski definition) is 2. The number of benzene rings is 1. The fourth-order valence-electron chi connectivity index (χ4n) is 3.05. The van der Waals surface area contributed by atoms with Gasteiger partial charge in [0.1, 0.15) is 0 Å². The molecule has 4 nitrogen and oxygen atoms in total. The molecule has 1 fully saturated rings. The first-order valence-corrected chi connectivity index (χ1v) is 7.04. The summed E-state index contributed by atoms with van der Waals surface area (Å²) < 4.78 is 2.15. The van der Waals surface area contributed by atoms with Gasteiger partial charge in [-0.15, -0.1) is 0 Å². The zero-order chi connectivity index (χ0) is 14.3. The van der Waals surface area contributed by atoms with Crippen LogP contribution in [0.25, 0.3) is 10.9 Å². The summed E-state index contributed by atoms with van der Waals surface area (Å²) >= 11 is 0. The lowest BCUT2D eigenvalue weighted by atomic mass is 9.87. The van der Waals surface area contributed by atoms with Gasteiger partial charge in [-0.3, -0.25) is 9.69 Å². The molecule has 0 aliphatic carbocycles. The number of aliphatic carboxylic acids is 1. The number of hydrogen-bond donors (Lipinski definition) is 1.